The molecule has 0 aromatic heterocycles. The lowest BCUT2D eigenvalue weighted by Crippen LogP contribution is -2.16. The third kappa shape index (κ3) is 6.18. The Labute approximate surface area is 164 Å². The molecule has 0 spiro atoms. The highest BCUT2D eigenvalue weighted by molar-refractivity contribution is 6.83. The SMILES string of the molecule is C#Cc1cc(C#N)c(F)cc1N.C[Si](C)(C)C#Cc1cc(C#N)c(F)cc1N. The maximum Gasteiger partial charge on any atom is 0.143 e. The van der Waals surface area contributed by atoms with Gasteiger partial charge in [0.2, 0.25) is 0 Å². The smallest absolute Gasteiger partial charge is 0.143 e. The van der Waals surface area contributed by atoms with Gasteiger partial charge in [-0.05, 0) is 24.3 Å². The van der Waals surface area contributed by atoms with Gasteiger partial charge in [-0.2, -0.15) is 10.5 Å². The van der Waals surface area contributed by atoms with Crippen LogP contribution in [0.4, 0.5) is 20.2 Å². The highest BCUT2D eigenvalue weighted by atomic mass is 28.3. The number of terminal acetylenes is 1. The van der Waals surface area contributed by atoms with Crippen LogP contribution in [0.2, 0.25) is 19.6 Å². The van der Waals surface area contributed by atoms with E-state index in [1.165, 1.54) is 12.1 Å². The Bertz CT molecular complexity index is 1050. The Morgan fingerprint density at radius 3 is 1.64 bits per heavy atom. The molecule has 0 bridgehead atoms. The monoisotopic (exact) mass is 392 g/mol. The van der Waals surface area contributed by atoms with Gasteiger partial charge >= 0.3 is 0 Å². The summed E-state index contributed by atoms with van der Waals surface area (Å²) in [5.74, 6) is 3.94. The number of hydrogen-bond acceptors (Lipinski definition) is 4. The second kappa shape index (κ2) is 9.24. The number of nitrogens with zero attached hydrogens (tertiary/aromatic N) is 2. The van der Waals surface area contributed by atoms with Crippen LogP contribution in [0.1, 0.15) is 22.3 Å². The molecule has 0 aliphatic rings. The van der Waals surface area contributed by atoms with Crippen LogP contribution < -0.4 is 11.5 Å². The van der Waals surface area contributed by atoms with Gasteiger partial charge in [0.1, 0.15) is 31.8 Å². The molecule has 140 valence electrons. The molecule has 28 heavy (non-hydrogen) atoms. The van der Waals surface area contributed by atoms with E-state index in [9.17, 15) is 8.78 Å². The molecule has 0 aliphatic carbocycles. The van der Waals surface area contributed by atoms with E-state index >= 15 is 0 Å². The van der Waals surface area contributed by atoms with Gasteiger partial charge in [0, 0.05) is 11.1 Å². The number of nitriles is 2. The lowest BCUT2D eigenvalue weighted by atomic mass is 10.1. The highest BCUT2D eigenvalue weighted by Crippen LogP contribution is 2.17. The van der Waals surface area contributed by atoms with Gasteiger partial charge in [0.25, 0.3) is 0 Å². The standard InChI is InChI=1S/C12H13FN2Si.C9H5FN2/c1-16(2,3)5-4-9-6-10(8-14)11(13)7-12(9)15;1-2-6-3-7(5-11)8(10)4-9(6)12/h6-7H,15H2,1-3H3;1,3-4H,12H2. The summed E-state index contributed by atoms with van der Waals surface area (Å²) >= 11 is 0. The van der Waals surface area contributed by atoms with Crippen LogP contribution in [0.5, 0.6) is 0 Å². The predicted molar refractivity (Wildman–Crippen MR) is 109 cm³/mol. The molecule has 0 saturated heterocycles. The summed E-state index contributed by atoms with van der Waals surface area (Å²) in [4.78, 5) is 0. The summed E-state index contributed by atoms with van der Waals surface area (Å²) in [6.45, 7) is 6.31. The number of halogens is 2. The van der Waals surface area contributed by atoms with Gasteiger partial charge in [0.15, 0.2) is 0 Å². The molecule has 0 unspecified atom stereocenters. The maximum absolute atomic E-state index is 13.2. The zero-order valence-corrected chi connectivity index (χ0v) is 16.7. The first-order valence-electron chi connectivity index (χ1n) is 8.00. The molecule has 0 atom stereocenters. The van der Waals surface area contributed by atoms with E-state index < -0.39 is 19.7 Å². The molecule has 2 aromatic rings. The second-order valence-electron chi connectivity index (χ2n) is 6.71. The van der Waals surface area contributed by atoms with Crippen molar-refractivity contribution in [3.05, 3.63) is 58.2 Å². The molecule has 4 N–H and O–H groups in total. The first kappa shape index (κ1) is 22.3. The summed E-state index contributed by atoms with van der Waals surface area (Å²) in [6.07, 6.45) is 5.06. The minimum absolute atomic E-state index is 0.0194. The third-order valence-corrected chi connectivity index (χ3v) is 4.12. The fourth-order valence-electron chi connectivity index (χ4n) is 1.84. The average molecular weight is 392 g/mol. The lowest BCUT2D eigenvalue weighted by Gasteiger charge is -2.05. The topological polar surface area (TPSA) is 99.6 Å². The minimum Gasteiger partial charge on any atom is -0.398 e. The molecular weight excluding hydrogens is 374 g/mol. The molecular formula is C21H18F2N4Si. The van der Waals surface area contributed by atoms with Crippen molar-refractivity contribution in [2.45, 2.75) is 19.6 Å². The van der Waals surface area contributed by atoms with Gasteiger partial charge < -0.3 is 11.5 Å². The van der Waals surface area contributed by atoms with Crippen molar-refractivity contribution in [2.24, 2.45) is 0 Å². The van der Waals surface area contributed by atoms with E-state index in [0.29, 0.717) is 11.1 Å². The molecule has 0 saturated carbocycles. The van der Waals surface area contributed by atoms with E-state index in [1.54, 1.807) is 12.1 Å². The Balaban J connectivity index is 0.000000292. The Morgan fingerprint density at radius 2 is 1.25 bits per heavy atom. The fourth-order valence-corrected chi connectivity index (χ4v) is 2.35. The summed E-state index contributed by atoms with van der Waals surface area (Å²) in [5.41, 5.74) is 15.3. The summed E-state index contributed by atoms with van der Waals surface area (Å²) in [5, 5.41) is 17.1. The van der Waals surface area contributed by atoms with E-state index in [1.807, 2.05) is 0 Å². The van der Waals surface area contributed by atoms with E-state index in [4.69, 9.17) is 28.4 Å². The Kier molecular flexibility index (Phi) is 7.35. The van der Waals surface area contributed by atoms with Crippen molar-refractivity contribution in [1.29, 1.82) is 10.5 Å². The number of nitrogen functional groups attached to an aromatic ring is 2. The van der Waals surface area contributed by atoms with Crippen molar-refractivity contribution in [2.75, 3.05) is 11.5 Å². The Morgan fingerprint density at radius 1 is 0.821 bits per heavy atom. The zero-order valence-electron chi connectivity index (χ0n) is 15.7. The van der Waals surface area contributed by atoms with Crippen molar-refractivity contribution in [3.8, 4) is 35.9 Å². The third-order valence-electron chi connectivity index (χ3n) is 3.25. The van der Waals surface area contributed by atoms with Crippen molar-refractivity contribution < 1.29 is 8.78 Å². The maximum atomic E-state index is 13.2. The van der Waals surface area contributed by atoms with Crippen LogP contribution in [0.25, 0.3) is 0 Å². The van der Waals surface area contributed by atoms with Crippen LogP contribution in [-0.4, -0.2) is 8.07 Å². The fraction of sp³-hybridized carbons (Fsp3) is 0.143. The van der Waals surface area contributed by atoms with Gasteiger partial charge in [-0.15, -0.1) is 12.0 Å². The van der Waals surface area contributed by atoms with Crippen molar-refractivity contribution in [3.63, 3.8) is 0 Å². The first-order chi connectivity index (χ1) is 13.0. The molecule has 7 heteroatoms. The molecule has 2 rings (SSSR count). The summed E-state index contributed by atoms with van der Waals surface area (Å²) in [6, 6.07) is 8.29. The Hall–Kier alpha value is -3.78. The van der Waals surface area contributed by atoms with Gasteiger partial charge in [-0.25, -0.2) is 8.78 Å². The molecule has 4 nitrogen and oxygen atoms in total. The lowest BCUT2D eigenvalue weighted by molar-refractivity contribution is 0.624. The average Bonchev–Trinajstić information content (AvgIpc) is 2.61. The minimum atomic E-state index is -1.50. The second-order valence-corrected chi connectivity index (χ2v) is 11.5. The molecule has 2 aromatic carbocycles. The van der Waals surface area contributed by atoms with Gasteiger partial charge in [-0.1, -0.05) is 31.5 Å². The number of nitrogens with two attached hydrogens (primary N) is 2. The summed E-state index contributed by atoms with van der Waals surface area (Å²) < 4.78 is 26.0. The van der Waals surface area contributed by atoms with Crippen molar-refractivity contribution in [1.82, 2.24) is 0 Å². The number of hydrogen-bond donors (Lipinski definition) is 2. The number of benzene rings is 2. The van der Waals surface area contributed by atoms with E-state index in [0.717, 1.165) is 12.1 Å². The van der Waals surface area contributed by atoms with Crippen LogP contribution in [0, 0.1) is 58.1 Å². The number of anilines is 2. The van der Waals surface area contributed by atoms with Gasteiger partial charge in [-0.3, -0.25) is 0 Å². The highest BCUT2D eigenvalue weighted by Gasteiger charge is 2.09. The quantitative estimate of drug-likeness (QED) is 0.405. The van der Waals surface area contributed by atoms with Crippen LogP contribution in [0.15, 0.2) is 24.3 Å². The predicted octanol–water partition coefficient (Wildman–Crippen LogP) is 3.77. The number of rotatable bonds is 0. The van der Waals surface area contributed by atoms with E-state index in [2.05, 4.69) is 37.0 Å². The molecule has 0 aliphatic heterocycles. The van der Waals surface area contributed by atoms with Gasteiger partial charge in [0.05, 0.1) is 22.5 Å². The van der Waals surface area contributed by atoms with E-state index in [-0.39, 0.29) is 22.5 Å². The van der Waals surface area contributed by atoms with Crippen LogP contribution in [-0.2, 0) is 0 Å². The van der Waals surface area contributed by atoms with Crippen molar-refractivity contribution >= 4 is 19.4 Å². The normalized spacial score (nSPS) is 9.50. The van der Waals surface area contributed by atoms with Crippen LogP contribution in [0.3, 0.4) is 0 Å². The summed E-state index contributed by atoms with van der Waals surface area (Å²) in [7, 11) is -1.50. The molecule has 0 fully saturated rings. The zero-order chi connectivity index (χ0) is 21.5. The molecule has 0 radical (unpaired) electrons. The largest absolute Gasteiger partial charge is 0.398 e. The molecule has 0 amide bonds. The van der Waals surface area contributed by atoms with Crippen LogP contribution >= 0.6 is 0 Å². The molecule has 0 heterocycles. The first-order valence-corrected chi connectivity index (χ1v) is 11.5.